The van der Waals surface area contributed by atoms with Crippen LogP contribution in [-0.2, 0) is 10.2 Å². The third-order valence-corrected chi connectivity index (χ3v) is 6.77. The van der Waals surface area contributed by atoms with E-state index in [1.165, 1.54) is 0 Å². The fraction of sp³-hybridized carbons (Fsp3) is 0.333. The minimum atomic E-state index is -1.03. The second-order valence-corrected chi connectivity index (χ2v) is 11.3. The van der Waals surface area contributed by atoms with Gasteiger partial charge in [0.15, 0.2) is 0 Å². The van der Waals surface area contributed by atoms with Crippen molar-refractivity contribution in [3.8, 4) is 22.9 Å². The van der Waals surface area contributed by atoms with Crippen molar-refractivity contribution in [2.75, 3.05) is 17.2 Å². The number of hydrogen-bond donors (Lipinski definition) is 2. The highest BCUT2D eigenvalue weighted by Gasteiger charge is 2.22. The number of carboxylic acid groups (broad SMARTS) is 1. The van der Waals surface area contributed by atoms with Gasteiger partial charge in [-0.15, -0.1) is 0 Å². The van der Waals surface area contributed by atoms with Gasteiger partial charge in [-0.1, -0.05) is 40.5 Å². The first kappa shape index (κ1) is 31.1. The molecule has 2 N–H and O–H groups in total. The van der Waals surface area contributed by atoms with Gasteiger partial charge in [0.2, 0.25) is 0 Å². The van der Waals surface area contributed by atoms with Crippen LogP contribution in [0.4, 0.5) is 16.3 Å². The number of amides is 2. The molecule has 0 spiro atoms. The summed E-state index contributed by atoms with van der Waals surface area (Å²) in [5.41, 5.74) is 1.88. The number of pyridine rings is 1. The number of aromatic nitrogens is 3. The van der Waals surface area contributed by atoms with Crippen LogP contribution in [0.1, 0.15) is 59.1 Å². The number of unbranched alkanes of at least 4 members (excludes halogenated alkanes) is 1. The number of hydrogen-bond acceptors (Lipinski definition) is 7. The Balaban J connectivity index is 1.41. The van der Waals surface area contributed by atoms with Crippen molar-refractivity contribution < 1.29 is 24.2 Å². The van der Waals surface area contributed by atoms with Crippen LogP contribution in [0.5, 0.6) is 17.2 Å². The lowest BCUT2D eigenvalue weighted by Gasteiger charge is -2.18. The molecule has 0 saturated heterocycles. The molecule has 0 aliphatic heterocycles. The van der Waals surface area contributed by atoms with Gasteiger partial charge >= 0.3 is 6.03 Å². The number of ether oxygens (including phenoxy) is 2. The summed E-state index contributed by atoms with van der Waals surface area (Å²) < 4.78 is 13.3. The van der Waals surface area contributed by atoms with Gasteiger partial charge in [0.05, 0.1) is 18.0 Å². The Labute approximate surface area is 252 Å². The third kappa shape index (κ3) is 9.06. The first-order chi connectivity index (χ1) is 20.6. The van der Waals surface area contributed by atoms with Crippen LogP contribution in [0.15, 0.2) is 79.1 Å². The Morgan fingerprint density at radius 2 is 1.56 bits per heavy atom. The molecule has 43 heavy (non-hydrogen) atoms. The van der Waals surface area contributed by atoms with Gasteiger partial charge in [-0.2, -0.15) is 5.10 Å². The smallest absolute Gasteiger partial charge is 0.324 e. The number of nitrogens with one attached hydrogen (secondary N) is 2. The van der Waals surface area contributed by atoms with Crippen LogP contribution in [0.3, 0.4) is 0 Å². The highest BCUT2D eigenvalue weighted by molar-refractivity contribution is 5.99. The second-order valence-electron chi connectivity index (χ2n) is 11.3. The molecule has 2 aromatic heterocycles. The molecule has 10 heteroatoms. The zero-order valence-electron chi connectivity index (χ0n) is 25.0. The Kier molecular flexibility index (Phi) is 10.4. The summed E-state index contributed by atoms with van der Waals surface area (Å²) in [6, 6.07) is 19.3. The number of aliphatic carboxylic acids is 1. The Bertz CT molecular complexity index is 1480. The van der Waals surface area contributed by atoms with Crippen molar-refractivity contribution in [2.45, 2.75) is 58.8 Å². The van der Waals surface area contributed by atoms with Crippen LogP contribution >= 0.6 is 0 Å². The van der Waals surface area contributed by atoms with Crippen molar-refractivity contribution >= 4 is 23.5 Å². The van der Waals surface area contributed by atoms with E-state index in [-0.39, 0.29) is 12.0 Å². The number of urea groups is 1. The molecule has 2 aromatic carbocycles. The van der Waals surface area contributed by atoms with E-state index in [1.54, 1.807) is 65.6 Å². The highest BCUT2D eigenvalue weighted by Crippen LogP contribution is 2.28. The molecule has 0 fully saturated rings. The minimum Gasteiger partial charge on any atom is -0.550 e. The van der Waals surface area contributed by atoms with Crippen molar-refractivity contribution in [2.24, 2.45) is 5.92 Å². The van der Waals surface area contributed by atoms with Crippen LogP contribution in [0.25, 0.3) is 5.69 Å². The van der Waals surface area contributed by atoms with E-state index in [9.17, 15) is 14.7 Å². The fourth-order valence-electron chi connectivity index (χ4n) is 4.29. The lowest BCUT2D eigenvalue weighted by molar-refractivity contribution is -0.312. The molecule has 4 aromatic rings. The summed E-state index contributed by atoms with van der Waals surface area (Å²) in [6.07, 6.45) is 6.06. The molecule has 2 heterocycles. The second kappa shape index (κ2) is 14.4. The molecule has 1 atom stereocenters. The van der Waals surface area contributed by atoms with Gasteiger partial charge in [-0.25, -0.2) is 9.48 Å². The summed E-state index contributed by atoms with van der Waals surface area (Å²) in [7, 11) is 0. The van der Waals surface area contributed by atoms with Gasteiger partial charge in [-0.05, 0) is 73.5 Å². The third-order valence-electron chi connectivity index (χ3n) is 6.77. The number of anilines is 2. The van der Waals surface area contributed by atoms with Crippen molar-refractivity contribution in [1.82, 2.24) is 14.8 Å². The summed E-state index contributed by atoms with van der Waals surface area (Å²) in [4.78, 5) is 28.3. The van der Waals surface area contributed by atoms with E-state index in [0.717, 1.165) is 24.2 Å². The average molecular weight is 585 g/mol. The molecule has 10 nitrogen and oxygen atoms in total. The Morgan fingerprint density at radius 1 is 0.907 bits per heavy atom. The van der Waals surface area contributed by atoms with E-state index in [1.807, 2.05) is 25.1 Å². The Hall–Kier alpha value is -4.86. The van der Waals surface area contributed by atoms with E-state index in [2.05, 4.69) is 36.4 Å². The molecular weight excluding hydrogens is 546 g/mol. The molecule has 1 unspecified atom stereocenters. The van der Waals surface area contributed by atoms with E-state index < -0.39 is 17.9 Å². The molecule has 4 rings (SSSR count). The number of rotatable bonds is 13. The molecule has 0 saturated carbocycles. The molecule has 0 aliphatic rings. The van der Waals surface area contributed by atoms with Crippen LogP contribution in [0.2, 0.25) is 0 Å². The SMILES string of the molecule is CCCCC(CCOc1ccc(-n2nc(C(C)(C)C)cc2NC(=O)Nc2ccc(Oc3ccncc3)cc2)cc1)C(=O)[O-]. The standard InChI is InChI=1S/C33H39N5O5/c1-5-6-7-23(31(39)40)18-21-42-26-14-10-25(11-15-26)38-30(22-29(37-38)33(2,3)4)36-32(41)35-24-8-12-27(13-9-24)43-28-16-19-34-20-17-28/h8-17,19-20,22-23H,5-7,18,21H2,1-4H3,(H,39,40)(H2,35,36,41)/p-1. The zero-order valence-corrected chi connectivity index (χ0v) is 25.0. The molecule has 2 amide bonds. The first-order valence-electron chi connectivity index (χ1n) is 14.4. The summed E-state index contributed by atoms with van der Waals surface area (Å²) >= 11 is 0. The van der Waals surface area contributed by atoms with Crippen molar-refractivity contribution in [3.05, 3.63) is 84.8 Å². The molecule has 0 radical (unpaired) electrons. The maximum Gasteiger partial charge on any atom is 0.324 e. The Morgan fingerprint density at radius 3 is 2.19 bits per heavy atom. The maximum atomic E-state index is 13.0. The summed E-state index contributed by atoms with van der Waals surface area (Å²) in [5, 5.41) is 21.9. The number of benzene rings is 2. The maximum absolute atomic E-state index is 13.0. The first-order valence-corrected chi connectivity index (χ1v) is 14.4. The lowest BCUT2D eigenvalue weighted by Crippen LogP contribution is -2.32. The van der Waals surface area contributed by atoms with Crippen LogP contribution in [-0.4, -0.2) is 33.4 Å². The minimum absolute atomic E-state index is 0.251. The van der Waals surface area contributed by atoms with Gasteiger partial charge in [-0.3, -0.25) is 10.3 Å². The van der Waals surface area contributed by atoms with Gasteiger partial charge in [0.25, 0.3) is 0 Å². The van der Waals surface area contributed by atoms with Crippen molar-refractivity contribution in [3.63, 3.8) is 0 Å². The highest BCUT2D eigenvalue weighted by atomic mass is 16.5. The quantitative estimate of drug-likeness (QED) is 0.188. The number of nitrogens with zero attached hydrogens (tertiary/aromatic N) is 3. The monoisotopic (exact) mass is 584 g/mol. The number of carbonyl (C=O) groups is 2. The average Bonchev–Trinajstić information content (AvgIpc) is 3.41. The van der Waals surface area contributed by atoms with Gasteiger partial charge in [0, 0.05) is 41.4 Å². The largest absolute Gasteiger partial charge is 0.550 e. The van der Waals surface area contributed by atoms with Crippen LogP contribution in [0, 0.1) is 5.92 Å². The zero-order chi connectivity index (χ0) is 30.8. The van der Waals surface area contributed by atoms with Crippen LogP contribution < -0.4 is 25.2 Å². The fourth-order valence-corrected chi connectivity index (χ4v) is 4.29. The molecule has 0 bridgehead atoms. The summed E-state index contributed by atoms with van der Waals surface area (Å²) in [5.74, 6) is 0.870. The topological polar surface area (TPSA) is 130 Å². The lowest BCUT2D eigenvalue weighted by atomic mass is 9.92. The van der Waals surface area contributed by atoms with E-state index >= 15 is 0 Å². The van der Waals surface area contributed by atoms with E-state index in [0.29, 0.717) is 41.6 Å². The normalized spacial score (nSPS) is 11.9. The predicted octanol–water partition coefficient (Wildman–Crippen LogP) is 6.33. The predicted molar refractivity (Wildman–Crippen MR) is 164 cm³/mol. The molecule has 226 valence electrons. The number of carbonyl (C=O) groups excluding carboxylic acids is 2. The van der Waals surface area contributed by atoms with Gasteiger partial charge < -0.3 is 24.7 Å². The van der Waals surface area contributed by atoms with Gasteiger partial charge in [0.1, 0.15) is 23.1 Å². The van der Waals surface area contributed by atoms with Crippen molar-refractivity contribution in [1.29, 1.82) is 0 Å². The van der Waals surface area contributed by atoms with E-state index in [4.69, 9.17) is 14.6 Å². The summed E-state index contributed by atoms with van der Waals surface area (Å²) in [6.45, 7) is 8.47. The number of carboxylic acids is 1. The molecular formula is C33H38N5O5-. The molecule has 0 aliphatic carbocycles.